The Labute approximate surface area is 204 Å². The van der Waals surface area contributed by atoms with Crippen LogP contribution in [0.25, 0.3) is 0 Å². The summed E-state index contributed by atoms with van der Waals surface area (Å²) in [5.74, 6) is -0.477. The van der Waals surface area contributed by atoms with Crippen molar-refractivity contribution in [3.05, 3.63) is 59.4 Å². The van der Waals surface area contributed by atoms with E-state index in [4.69, 9.17) is 11.6 Å². The van der Waals surface area contributed by atoms with Crippen molar-refractivity contribution in [1.82, 2.24) is 14.4 Å². The van der Waals surface area contributed by atoms with Crippen molar-refractivity contribution in [2.75, 3.05) is 19.6 Å². The normalized spacial score (nSPS) is 12.4. The molecule has 5 nitrogen and oxygen atoms in total. The van der Waals surface area contributed by atoms with Crippen LogP contribution < -0.4 is 0 Å². The Bertz CT molecular complexity index is 943. The number of hydrogen-bond donors (Lipinski definition) is 0. The Morgan fingerprint density at radius 1 is 1.09 bits per heavy atom. The minimum absolute atomic E-state index is 0.0626. The lowest BCUT2D eigenvalue weighted by Crippen LogP contribution is -2.45. The van der Waals surface area contributed by atoms with Gasteiger partial charge in [-0.2, -0.15) is 13.2 Å². The number of carbonyl (C=O) groups is 2. The number of amides is 2. The van der Waals surface area contributed by atoms with Gasteiger partial charge in [-0.15, -0.1) is 11.6 Å². The zero-order valence-corrected chi connectivity index (χ0v) is 20.7. The first-order valence-electron chi connectivity index (χ1n) is 11.6. The summed E-state index contributed by atoms with van der Waals surface area (Å²) in [5, 5.41) is -0.717. The van der Waals surface area contributed by atoms with Crippen LogP contribution in [0.1, 0.15) is 56.9 Å². The molecule has 0 N–H and O–H groups in total. The Kier molecular flexibility index (Phi) is 10.5. The van der Waals surface area contributed by atoms with Crippen molar-refractivity contribution >= 4 is 23.4 Å². The summed E-state index contributed by atoms with van der Waals surface area (Å²) in [4.78, 5) is 28.6. The summed E-state index contributed by atoms with van der Waals surface area (Å²) in [7, 11) is 0. The Hall–Kier alpha value is -2.48. The van der Waals surface area contributed by atoms with Crippen LogP contribution in [0.2, 0.25) is 0 Å². The van der Waals surface area contributed by atoms with E-state index in [-0.39, 0.29) is 24.9 Å². The average molecular weight is 500 g/mol. The third-order valence-electron chi connectivity index (χ3n) is 5.63. The van der Waals surface area contributed by atoms with Gasteiger partial charge in [0, 0.05) is 31.5 Å². The van der Waals surface area contributed by atoms with Crippen LogP contribution in [0.4, 0.5) is 13.2 Å². The molecule has 2 amide bonds. The standard InChI is InChI=1S/C25H33ClF3N3O2/c1-4-6-7-13-32(23(33)18-30(5-2)24(34)19(3)26)17-22-12-9-14-31(22)16-20-10-8-11-21(15-20)25(27,28)29/h8-12,14-15,19H,4-7,13,16-18H2,1-3H3. The van der Waals surface area contributed by atoms with Crippen molar-refractivity contribution in [2.24, 2.45) is 0 Å². The quantitative estimate of drug-likeness (QED) is 0.284. The molecule has 2 aromatic rings. The van der Waals surface area contributed by atoms with Crippen LogP contribution in [0.5, 0.6) is 0 Å². The molecule has 1 aromatic heterocycles. The van der Waals surface area contributed by atoms with Crippen molar-refractivity contribution in [2.45, 2.75) is 64.7 Å². The molecule has 0 fully saturated rings. The van der Waals surface area contributed by atoms with Crippen molar-refractivity contribution in [3.8, 4) is 0 Å². The SMILES string of the molecule is CCCCCN(Cc1cccn1Cc1cccc(C(F)(F)F)c1)C(=O)CN(CC)C(=O)C(C)Cl. The predicted octanol–water partition coefficient (Wildman–Crippen LogP) is 5.55. The second-order valence-corrected chi connectivity index (χ2v) is 8.97. The van der Waals surface area contributed by atoms with Gasteiger partial charge in [0.25, 0.3) is 0 Å². The molecule has 9 heteroatoms. The maximum Gasteiger partial charge on any atom is 0.416 e. The fourth-order valence-electron chi connectivity index (χ4n) is 3.69. The lowest BCUT2D eigenvalue weighted by molar-refractivity contribution is -0.140. The molecule has 0 spiro atoms. The Morgan fingerprint density at radius 2 is 1.82 bits per heavy atom. The number of rotatable bonds is 12. The van der Waals surface area contributed by atoms with Crippen LogP contribution in [-0.4, -0.2) is 51.2 Å². The lowest BCUT2D eigenvalue weighted by atomic mass is 10.1. The molecule has 0 aliphatic rings. The van der Waals surface area contributed by atoms with E-state index >= 15 is 0 Å². The monoisotopic (exact) mass is 499 g/mol. The fraction of sp³-hybridized carbons (Fsp3) is 0.520. The third-order valence-corrected chi connectivity index (χ3v) is 5.81. The first-order chi connectivity index (χ1) is 16.1. The number of nitrogens with zero attached hydrogens (tertiary/aromatic N) is 3. The highest BCUT2D eigenvalue weighted by Crippen LogP contribution is 2.29. The van der Waals surface area contributed by atoms with Gasteiger partial charge in [0.05, 0.1) is 18.7 Å². The van der Waals surface area contributed by atoms with E-state index in [1.165, 1.54) is 11.0 Å². The summed E-state index contributed by atoms with van der Waals surface area (Å²) < 4.78 is 41.1. The molecule has 0 bridgehead atoms. The van der Waals surface area contributed by atoms with E-state index < -0.39 is 17.1 Å². The van der Waals surface area contributed by atoms with Gasteiger partial charge < -0.3 is 14.4 Å². The molecule has 1 unspecified atom stereocenters. The Balaban J connectivity index is 2.19. The topological polar surface area (TPSA) is 45.6 Å². The molecule has 0 radical (unpaired) electrons. The van der Waals surface area contributed by atoms with E-state index in [1.807, 2.05) is 16.7 Å². The van der Waals surface area contributed by atoms with Gasteiger partial charge in [-0.1, -0.05) is 31.9 Å². The minimum Gasteiger partial charge on any atom is -0.345 e. The molecule has 188 valence electrons. The van der Waals surface area contributed by atoms with E-state index in [1.54, 1.807) is 31.0 Å². The first kappa shape index (κ1) is 27.8. The van der Waals surface area contributed by atoms with Gasteiger partial charge in [-0.3, -0.25) is 9.59 Å². The number of alkyl halides is 4. The number of hydrogen-bond acceptors (Lipinski definition) is 2. The number of halogens is 4. The molecular weight excluding hydrogens is 467 g/mol. The predicted molar refractivity (Wildman–Crippen MR) is 127 cm³/mol. The lowest BCUT2D eigenvalue weighted by Gasteiger charge is -2.28. The molecule has 0 aliphatic heterocycles. The van der Waals surface area contributed by atoms with E-state index in [9.17, 15) is 22.8 Å². The minimum atomic E-state index is -4.40. The van der Waals surface area contributed by atoms with Gasteiger partial charge in [-0.05, 0) is 50.1 Å². The van der Waals surface area contributed by atoms with Gasteiger partial charge in [-0.25, -0.2) is 0 Å². The van der Waals surface area contributed by atoms with Crippen molar-refractivity contribution < 1.29 is 22.8 Å². The third kappa shape index (κ3) is 8.08. The van der Waals surface area contributed by atoms with E-state index in [2.05, 4.69) is 6.92 Å². The molecular formula is C25H33ClF3N3O2. The second kappa shape index (κ2) is 12.8. The van der Waals surface area contributed by atoms with E-state index in [0.717, 1.165) is 37.1 Å². The molecule has 1 heterocycles. The summed E-state index contributed by atoms with van der Waals surface area (Å²) in [6, 6.07) is 8.92. The highest BCUT2D eigenvalue weighted by Gasteiger charge is 2.30. The largest absolute Gasteiger partial charge is 0.416 e. The summed E-state index contributed by atoms with van der Waals surface area (Å²) >= 11 is 5.93. The fourth-order valence-corrected chi connectivity index (χ4v) is 3.83. The molecule has 34 heavy (non-hydrogen) atoms. The zero-order valence-electron chi connectivity index (χ0n) is 19.9. The van der Waals surface area contributed by atoms with Gasteiger partial charge in [0.15, 0.2) is 0 Å². The number of aromatic nitrogens is 1. The summed E-state index contributed by atoms with van der Waals surface area (Å²) in [6.45, 7) is 6.85. The molecule has 0 aliphatic carbocycles. The molecule has 1 aromatic carbocycles. The van der Waals surface area contributed by atoms with Crippen molar-refractivity contribution in [1.29, 1.82) is 0 Å². The average Bonchev–Trinajstić information content (AvgIpc) is 3.22. The molecule has 1 atom stereocenters. The number of benzene rings is 1. The smallest absolute Gasteiger partial charge is 0.345 e. The highest BCUT2D eigenvalue weighted by molar-refractivity contribution is 6.30. The summed E-state index contributed by atoms with van der Waals surface area (Å²) in [6.07, 6.45) is 0.173. The van der Waals surface area contributed by atoms with Crippen LogP contribution >= 0.6 is 11.6 Å². The molecule has 2 rings (SSSR count). The maximum atomic E-state index is 13.1. The van der Waals surface area contributed by atoms with Gasteiger partial charge >= 0.3 is 6.18 Å². The summed E-state index contributed by atoms with van der Waals surface area (Å²) in [5.41, 5.74) is 0.644. The number of carbonyl (C=O) groups excluding carboxylic acids is 2. The molecule has 0 saturated carbocycles. The second-order valence-electron chi connectivity index (χ2n) is 8.32. The van der Waals surface area contributed by atoms with Crippen LogP contribution in [0.15, 0.2) is 42.6 Å². The van der Waals surface area contributed by atoms with Crippen LogP contribution in [-0.2, 0) is 28.9 Å². The Morgan fingerprint density at radius 3 is 2.44 bits per heavy atom. The maximum absolute atomic E-state index is 13.1. The molecule has 0 saturated heterocycles. The first-order valence-corrected chi connectivity index (χ1v) is 12.0. The highest BCUT2D eigenvalue weighted by atomic mass is 35.5. The van der Waals surface area contributed by atoms with Crippen molar-refractivity contribution in [3.63, 3.8) is 0 Å². The van der Waals surface area contributed by atoms with Gasteiger partial charge in [0.1, 0.15) is 5.38 Å². The van der Waals surface area contributed by atoms with Gasteiger partial charge in [0.2, 0.25) is 11.8 Å². The number of unbranched alkanes of at least 4 members (excludes halogenated alkanes) is 2. The van der Waals surface area contributed by atoms with E-state index in [0.29, 0.717) is 25.2 Å². The number of likely N-dealkylation sites (N-methyl/N-ethyl adjacent to an activating group) is 1. The zero-order chi connectivity index (χ0) is 25.3. The van der Waals surface area contributed by atoms with Crippen LogP contribution in [0.3, 0.4) is 0 Å². The van der Waals surface area contributed by atoms with Crippen LogP contribution in [0, 0.1) is 0 Å².